The Bertz CT molecular complexity index is 277. The lowest BCUT2D eigenvalue weighted by atomic mass is 10.1. The van der Waals surface area contributed by atoms with Gasteiger partial charge in [0.2, 0.25) is 0 Å². The van der Waals surface area contributed by atoms with Crippen LogP contribution in [0.25, 0.3) is 0 Å². The topological polar surface area (TPSA) is 0 Å². The first-order valence-corrected chi connectivity index (χ1v) is 3.19. The van der Waals surface area contributed by atoms with Gasteiger partial charge in [0.15, 0.2) is 0 Å². The molecule has 0 nitrogen and oxygen atoms in total. The zero-order valence-corrected chi connectivity index (χ0v) is 6.23. The second kappa shape index (κ2) is 2.58. The van der Waals surface area contributed by atoms with Gasteiger partial charge in [0.1, 0.15) is 0 Å². The van der Waals surface area contributed by atoms with Gasteiger partial charge in [0.25, 0.3) is 0 Å². The average Bonchev–Trinajstić information content (AvgIpc) is 1.88. The third-order valence-corrected chi connectivity index (χ3v) is 1.43. The van der Waals surface area contributed by atoms with Crippen molar-refractivity contribution in [2.24, 2.45) is 0 Å². The van der Waals surface area contributed by atoms with E-state index in [1.54, 1.807) is 0 Å². The summed E-state index contributed by atoms with van der Waals surface area (Å²) in [6, 6.07) is 6.98. The van der Waals surface area contributed by atoms with E-state index >= 15 is 0 Å². The number of aryl methyl sites for hydroxylation is 2. The van der Waals surface area contributed by atoms with E-state index in [1.807, 2.05) is 19.9 Å². The van der Waals surface area contributed by atoms with Crippen molar-refractivity contribution in [2.75, 3.05) is 0 Å². The Hall–Kier alpha value is -1.22. The zero-order valence-electron chi connectivity index (χ0n) is 6.23. The first-order chi connectivity index (χ1) is 4.74. The fraction of sp³-hybridized carbons (Fsp3) is 0.200. The van der Waals surface area contributed by atoms with Crippen molar-refractivity contribution in [3.8, 4) is 12.3 Å². The monoisotopic (exact) mass is 129 g/mol. The lowest BCUT2D eigenvalue weighted by molar-refractivity contribution is 1.36. The smallest absolute Gasteiger partial charge is 0.0350 e. The maximum atomic E-state index is 5.22. The molecule has 0 bridgehead atoms. The number of hydrogen-bond donors (Lipinski definition) is 0. The lowest BCUT2D eigenvalue weighted by Crippen LogP contribution is -1.82. The number of hydrogen-bond acceptors (Lipinski definition) is 0. The summed E-state index contributed by atoms with van der Waals surface area (Å²) >= 11 is 0. The van der Waals surface area contributed by atoms with Gasteiger partial charge in [-0.3, -0.25) is 0 Å². The predicted molar refractivity (Wildman–Crippen MR) is 42.7 cm³/mol. The molecule has 1 radical (unpaired) electrons. The van der Waals surface area contributed by atoms with Crippen LogP contribution < -0.4 is 0 Å². The molecule has 0 fully saturated rings. The lowest BCUT2D eigenvalue weighted by Gasteiger charge is -1.97. The van der Waals surface area contributed by atoms with Gasteiger partial charge in [-0.1, -0.05) is 23.6 Å². The van der Waals surface area contributed by atoms with Gasteiger partial charge in [-0.05, 0) is 25.5 Å². The molecule has 1 aromatic rings. The summed E-state index contributed by atoms with van der Waals surface area (Å²) < 4.78 is 0. The summed E-state index contributed by atoms with van der Waals surface area (Å²) in [5.41, 5.74) is 3.20. The SMILES string of the molecule is C#Cc1[c]cc(C)cc1C. The Morgan fingerprint density at radius 1 is 1.50 bits per heavy atom. The quantitative estimate of drug-likeness (QED) is 0.470. The fourth-order valence-corrected chi connectivity index (χ4v) is 0.911. The van der Waals surface area contributed by atoms with Crippen LogP contribution in [0.3, 0.4) is 0 Å². The van der Waals surface area contributed by atoms with Crippen molar-refractivity contribution in [2.45, 2.75) is 13.8 Å². The molecule has 0 unspecified atom stereocenters. The Labute approximate surface area is 61.9 Å². The maximum Gasteiger partial charge on any atom is 0.0350 e. The molecule has 0 aliphatic heterocycles. The summed E-state index contributed by atoms with van der Waals surface area (Å²) in [5.74, 6) is 2.57. The third kappa shape index (κ3) is 1.19. The summed E-state index contributed by atoms with van der Waals surface area (Å²) in [5, 5.41) is 0. The van der Waals surface area contributed by atoms with Crippen molar-refractivity contribution < 1.29 is 0 Å². The van der Waals surface area contributed by atoms with E-state index in [0.717, 1.165) is 11.1 Å². The normalized spacial score (nSPS) is 8.90. The van der Waals surface area contributed by atoms with Crippen LogP contribution in [0.4, 0.5) is 0 Å². The van der Waals surface area contributed by atoms with Gasteiger partial charge in [0.05, 0.1) is 0 Å². The molecule has 0 atom stereocenters. The number of terminal acetylenes is 1. The molecule has 0 saturated carbocycles. The van der Waals surface area contributed by atoms with E-state index in [0.29, 0.717) is 0 Å². The highest BCUT2D eigenvalue weighted by Crippen LogP contribution is 2.07. The molecular weight excluding hydrogens is 120 g/mol. The molecule has 0 N–H and O–H groups in total. The molecule has 1 aromatic carbocycles. The summed E-state index contributed by atoms with van der Waals surface area (Å²) in [6.07, 6.45) is 5.22. The first-order valence-electron chi connectivity index (χ1n) is 3.19. The van der Waals surface area contributed by atoms with Crippen LogP contribution in [0.1, 0.15) is 16.7 Å². The molecule has 0 amide bonds. The Balaban J connectivity index is 3.23. The van der Waals surface area contributed by atoms with Gasteiger partial charge in [-0.25, -0.2) is 0 Å². The highest BCUT2D eigenvalue weighted by atomic mass is 14.0. The van der Waals surface area contributed by atoms with Crippen LogP contribution in [0, 0.1) is 32.3 Å². The van der Waals surface area contributed by atoms with E-state index in [1.165, 1.54) is 5.56 Å². The molecule has 10 heavy (non-hydrogen) atoms. The summed E-state index contributed by atoms with van der Waals surface area (Å²) in [6.45, 7) is 4.03. The second-order valence-corrected chi connectivity index (χ2v) is 2.38. The van der Waals surface area contributed by atoms with Crippen LogP contribution in [-0.4, -0.2) is 0 Å². The summed E-state index contributed by atoms with van der Waals surface area (Å²) in [4.78, 5) is 0. The first kappa shape index (κ1) is 6.89. The van der Waals surface area contributed by atoms with Gasteiger partial charge >= 0.3 is 0 Å². The molecule has 0 aliphatic rings. The molecule has 0 aliphatic carbocycles. The minimum absolute atomic E-state index is 0.866. The minimum Gasteiger partial charge on any atom is -0.115 e. The molecule has 0 aromatic heterocycles. The standard InChI is InChI=1S/C10H9/c1-4-10-6-5-8(2)7-9(10)3/h1,5,7H,2-3H3. The van der Waals surface area contributed by atoms with Crippen molar-refractivity contribution >= 4 is 0 Å². The van der Waals surface area contributed by atoms with E-state index in [2.05, 4.69) is 18.1 Å². The Morgan fingerprint density at radius 3 is 2.70 bits per heavy atom. The maximum absolute atomic E-state index is 5.22. The van der Waals surface area contributed by atoms with Crippen LogP contribution in [-0.2, 0) is 0 Å². The Morgan fingerprint density at radius 2 is 2.20 bits per heavy atom. The predicted octanol–water partition coefficient (Wildman–Crippen LogP) is 2.08. The van der Waals surface area contributed by atoms with E-state index in [-0.39, 0.29) is 0 Å². The molecule has 0 saturated heterocycles. The summed E-state index contributed by atoms with van der Waals surface area (Å²) in [7, 11) is 0. The van der Waals surface area contributed by atoms with E-state index in [4.69, 9.17) is 6.42 Å². The molecular formula is C10H9. The van der Waals surface area contributed by atoms with Gasteiger partial charge in [-0.15, -0.1) is 6.42 Å². The molecule has 0 spiro atoms. The highest BCUT2D eigenvalue weighted by Gasteiger charge is 1.92. The van der Waals surface area contributed by atoms with Crippen molar-refractivity contribution in [3.05, 3.63) is 34.9 Å². The second-order valence-electron chi connectivity index (χ2n) is 2.38. The molecule has 0 heterocycles. The molecule has 0 heteroatoms. The van der Waals surface area contributed by atoms with Crippen molar-refractivity contribution in [3.63, 3.8) is 0 Å². The Kier molecular flexibility index (Phi) is 1.78. The third-order valence-electron chi connectivity index (χ3n) is 1.43. The largest absolute Gasteiger partial charge is 0.115 e. The van der Waals surface area contributed by atoms with Gasteiger partial charge < -0.3 is 0 Å². The zero-order chi connectivity index (χ0) is 7.56. The van der Waals surface area contributed by atoms with E-state index < -0.39 is 0 Å². The van der Waals surface area contributed by atoms with Gasteiger partial charge in [0, 0.05) is 5.56 Å². The van der Waals surface area contributed by atoms with Crippen molar-refractivity contribution in [1.29, 1.82) is 0 Å². The highest BCUT2D eigenvalue weighted by molar-refractivity contribution is 5.39. The van der Waals surface area contributed by atoms with E-state index in [9.17, 15) is 0 Å². The van der Waals surface area contributed by atoms with Gasteiger partial charge in [-0.2, -0.15) is 0 Å². The number of rotatable bonds is 0. The van der Waals surface area contributed by atoms with Crippen LogP contribution in [0.5, 0.6) is 0 Å². The van der Waals surface area contributed by atoms with Crippen LogP contribution in [0.15, 0.2) is 12.1 Å². The van der Waals surface area contributed by atoms with Crippen molar-refractivity contribution in [1.82, 2.24) is 0 Å². The minimum atomic E-state index is 0.866. The molecule has 49 valence electrons. The molecule has 1 rings (SSSR count). The number of benzene rings is 1. The van der Waals surface area contributed by atoms with Crippen LogP contribution >= 0.6 is 0 Å². The van der Waals surface area contributed by atoms with Crippen LogP contribution in [0.2, 0.25) is 0 Å². The average molecular weight is 129 g/mol. The fourth-order valence-electron chi connectivity index (χ4n) is 0.911.